The number of nitrogens with zero attached hydrogens (tertiary/aromatic N) is 3. The molecule has 0 aliphatic rings. The topological polar surface area (TPSA) is 112 Å². The van der Waals surface area contributed by atoms with Gasteiger partial charge in [0.05, 0.1) is 5.69 Å². The van der Waals surface area contributed by atoms with Crippen molar-refractivity contribution in [2.45, 2.75) is 0 Å². The van der Waals surface area contributed by atoms with Gasteiger partial charge >= 0.3 is 0 Å². The van der Waals surface area contributed by atoms with Crippen molar-refractivity contribution in [2.75, 3.05) is 12.4 Å². The van der Waals surface area contributed by atoms with E-state index in [0.29, 0.717) is 0 Å². The number of allylic oxidation sites excluding steroid dienone is 2. The van der Waals surface area contributed by atoms with Gasteiger partial charge in [0.1, 0.15) is 29.7 Å². The summed E-state index contributed by atoms with van der Waals surface area (Å²) in [6.45, 7) is 0. The highest BCUT2D eigenvalue weighted by Gasteiger charge is 2.11. The van der Waals surface area contributed by atoms with Crippen LogP contribution in [0.3, 0.4) is 0 Å². The van der Waals surface area contributed by atoms with Crippen LogP contribution in [0, 0.1) is 39.8 Å². The zero-order chi connectivity index (χ0) is 15.1. The second kappa shape index (κ2) is 6.53. The Bertz CT molecular complexity index is 687. The van der Waals surface area contributed by atoms with Crippen molar-refractivity contribution in [3.8, 4) is 18.2 Å². The van der Waals surface area contributed by atoms with Crippen molar-refractivity contribution in [3.63, 3.8) is 0 Å². The van der Waals surface area contributed by atoms with Crippen LogP contribution in [0.5, 0.6) is 0 Å². The molecule has 0 saturated heterocycles. The van der Waals surface area contributed by atoms with E-state index in [2.05, 4.69) is 10.6 Å². The van der Waals surface area contributed by atoms with Gasteiger partial charge in [-0.2, -0.15) is 15.8 Å². The van der Waals surface area contributed by atoms with E-state index in [1.807, 2.05) is 0 Å². The molecular formula is C13H8FN5O. The molecule has 7 heteroatoms. The van der Waals surface area contributed by atoms with E-state index in [4.69, 9.17) is 15.8 Å². The van der Waals surface area contributed by atoms with Gasteiger partial charge in [0.15, 0.2) is 5.57 Å². The maximum absolute atomic E-state index is 13.8. The fourth-order valence-corrected chi connectivity index (χ4v) is 1.32. The van der Waals surface area contributed by atoms with Crippen molar-refractivity contribution in [3.05, 3.63) is 40.8 Å². The van der Waals surface area contributed by atoms with E-state index in [0.717, 1.165) is 6.07 Å². The number of halogens is 1. The molecule has 98 valence electrons. The number of carbonyl (C=O) groups excluding carboxylic acids is 1. The standard InChI is InChI=1S/C13H8FN5O/c1-18-13(20)8-2-3-11(10(14)4-8)19-12(7-17)9(5-15)6-16/h2-4,19H,1H3,(H,18,20). The highest BCUT2D eigenvalue weighted by Crippen LogP contribution is 2.18. The number of amides is 1. The summed E-state index contributed by atoms with van der Waals surface area (Å²) in [5, 5.41) is 30.8. The number of hydrogen-bond donors (Lipinski definition) is 2. The summed E-state index contributed by atoms with van der Waals surface area (Å²) in [5.41, 5.74) is -0.820. The first-order valence-electron chi connectivity index (χ1n) is 5.30. The molecule has 0 aromatic heterocycles. The van der Waals surface area contributed by atoms with Crippen LogP contribution >= 0.6 is 0 Å². The maximum atomic E-state index is 13.8. The van der Waals surface area contributed by atoms with E-state index in [1.165, 1.54) is 31.3 Å². The number of benzene rings is 1. The molecule has 0 radical (unpaired) electrons. The molecule has 6 nitrogen and oxygen atoms in total. The van der Waals surface area contributed by atoms with Gasteiger partial charge in [-0.25, -0.2) is 4.39 Å². The SMILES string of the molecule is CNC(=O)c1ccc(NC(C#N)=C(C#N)C#N)c(F)c1. The molecule has 20 heavy (non-hydrogen) atoms. The van der Waals surface area contributed by atoms with Gasteiger partial charge in [-0.15, -0.1) is 0 Å². The predicted molar refractivity (Wildman–Crippen MR) is 67.3 cm³/mol. The van der Waals surface area contributed by atoms with E-state index in [-0.39, 0.29) is 16.9 Å². The second-order valence-electron chi connectivity index (χ2n) is 3.48. The van der Waals surface area contributed by atoms with Gasteiger partial charge < -0.3 is 10.6 Å². The zero-order valence-electron chi connectivity index (χ0n) is 10.4. The van der Waals surface area contributed by atoms with E-state index >= 15 is 0 Å². The second-order valence-corrected chi connectivity index (χ2v) is 3.48. The highest BCUT2D eigenvalue weighted by atomic mass is 19.1. The Hall–Kier alpha value is -3.37. The average molecular weight is 269 g/mol. The van der Waals surface area contributed by atoms with Crippen LogP contribution in [0.25, 0.3) is 0 Å². The summed E-state index contributed by atoms with van der Waals surface area (Å²) in [6.07, 6.45) is 0. The smallest absolute Gasteiger partial charge is 0.251 e. The maximum Gasteiger partial charge on any atom is 0.251 e. The first-order chi connectivity index (χ1) is 9.57. The Morgan fingerprint density at radius 1 is 1.20 bits per heavy atom. The largest absolute Gasteiger partial charge is 0.355 e. The molecule has 0 spiro atoms. The minimum absolute atomic E-state index is 0.110. The van der Waals surface area contributed by atoms with Crippen LogP contribution in [0.4, 0.5) is 10.1 Å². The lowest BCUT2D eigenvalue weighted by Crippen LogP contribution is -2.18. The number of nitrogens with one attached hydrogen (secondary N) is 2. The summed E-state index contributed by atoms with van der Waals surface area (Å²) in [6, 6.07) is 8.23. The quantitative estimate of drug-likeness (QED) is 0.806. The number of carbonyl (C=O) groups is 1. The van der Waals surface area contributed by atoms with Gasteiger partial charge in [-0.1, -0.05) is 0 Å². The zero-order valence-corrected chi connectivity index (χ0v) is 10.4. The van der Waals surface area contributed by atoms with Crippen molar-refractivity contribution >= 4 is 11.6 Å². The van der Waals surface area contributed by atoms with Gasteiger partial charge in [0.25, 0.3) is 5.91 Å². The Labute approximate surface area is 114 Å². The Morgan fingerprint density at radius 2 is 1.85 bits per heavy atom. The lowest BCUT2D eigenvalue weighted by atomic mass is 10.1. The minimum atomic E-state index is -0.783. The molecule has 0 unspecified atom stereocenters. The molecule has 1 amide bonds. The lowest BCUT2D eigenvalue weighted by Gasteiger charge is -2.07. The van der Waals surface area contributed by atoms with Crippen molar-refractivity contribution < 1.29 is 9.18 Å². The van der Waals surface area contributed by atoms with Crippen molar-refractivity contribution in [1.29, 1.82) is 15.8 Å². The van der Waals surface area contributed by atoms with Crippen molar-refractivity contribution in [2.24, 2.45) is 0 Å². The summed E-state index contributed by atoms with van der Waals surface area (Å²) in [5.74, 6) is -1.24. The number of rotatable bonds is 3. The van der Waals surface area contributed by atoms with Crippen LogP contribution in [-0.4, -0.2) is 13.0 Å². The third kappa shape index (κ3) is 3.10. The Kier molecular flexibility index (Phi) is 4.80. The first-order valence-corrected chi connectivity index (χ1v) is 5.30. The number of anilines is 1. The lowest BCUT2D eigenvalue weighted by molar-refractivity contribution is 0.0962. The first kappa shape index (κ1) is 14.7. The Balaban J connectivity index is 3.16. The molecular weight excluding hydrogens is 261 g/mol. The van der Waals surface area contributed by atoms with Gasteiger partial charge in [-0.05, 0) is 18.2 Å². The molecule has 0 atom stereocenters. The highest BCUT2D eigenvalue weighted by molar-refractivity contribution is 5.94. The Morgan fingerprint density at radius 3 is 2.30 bits per heavy atom. The molecule has 1 aromatic carbocycles. The van der Waals surface area contributed by atoms with Crippen LogP contribution in [-0.2, 0) is 0 Å². The van der Waals surface area contributed by atoms with Crippen LogP contribution in [0.15, 0.2) is 29.5 Å². The molecule has 1 aromatic rings. The molecule has 0 fully saturated rings. The van der Waals surface area contributed by atoms with Crippen LogP contribution in [0.2, 0.25) is 0 Å². The molecule has 0 aliphatic heterocycles. The van der Waals surface area contributed by atoms with Crippen LogP contribution in [0.1, 0.15) is 10.4 Å². The van der Waals surface area contributed by atoms with Crippen molar-refractivity contribution in [1.82, 2.24) is 5.32 Å². The molecule has 0 heterocycles. The minimum Gasteiger partial charge on any atom is -0.355 e. The molecule has 0 bridgehead atoms. The third-order valence-electron chi connectivity index (χ3n) is 2.30. The average Bonchev–Trinajstić information content (AvgIpc) is 2.47. The van der Waals surface area contributed by atoms with Gasteiger partial charge in [0, 0.05) is 12.6 Å². The van der Waals surface area contributed by atoms with Gasteiger partial charge in [-0.3, -0.25) is 4.79 Å². The molecule has 1 rings (SSSR count). The van der Waals surface area contributed by atoms with Crippen LogP contribution < -0.4 is 10.6 Å². The third-order valence-corrected chi connectivity index (χ3v) is 2.30. The monoisotopic (exact) mass is 269 g/mol. The van der Waals surface area contributed by atoms with E-state index in [9.17, 15) is 9.18 Å². The predicted octanol–water partition coefficient (Wildman–Crippen LogP) is 1.42. The summed E-state index contributed by atoms with van der Waals surface area (Å²) < 4.78 is 13.8. The molecule has 0 saturated carbocycles. The summed E-state index contributed by atoms with van der Waals surface area (Å²) in [4.78, 5) is 11.3. The summed E-state index contributed by atoms with van der Waals surface area (Å²) in [7, 11) is 1.41. The van der Waals surface area contributed by atoms with E-state index < -0.39 is 17.3 Å². The fourth-order valence-electron chi connectivity index (χ4n) is 1.32. The number of nitriles is 3. The fraction of sp³-hybridized carbons (Fsp3) is 0.0769. The number of hydrogen-bond acceptors (Lipinski definition) is 5. The molecule has 2 N–H and O–H groups in total. The van der Waals surface area contributed by atoms with E-state index in [1.54, 1.807) is 6.07 Å². The molecule has 0 aliphatic carbocycles. The normalized spacial score (nSPS) is 8.55. The summed E-state index contributed by atoms with van der Waals surface area (Å²) >= 11 is 0. The van der Waals surface area contributed by atoms with Gasteiger partial charge in [0.2, 0.25) is 0 Å².